The Morgan fingerprint density at radius 3 is 0.757 bits per heavy atom. The lowest BCUT2D eigenvalue weighted by molar-refractivity contribution is -0.167. The van der Waals surface area contributed by atoms with Gasteiger partial charge < -0.3 is 14.2 Å². The van der Waals surface area contributed by atoms with E-state index in [1.54, 1.807) is 0 Å². The van der Waals surface area contributed by atoms with Crippen LogP contribution in [-0.2, 0) is 28.6 Å². The van der Waals surface area contributed by atoms with E-state index in [-0.39, 0.29) is 31.1 Å². The summed E-state index contributed by atoms with van der Waals surface area (Å²) in [4.78, 5) is 38.3. The summed E-state index contributed by atoms with van der Waals surface area (Å²) >= 11 is 0. The molecule has 0 fully saturated rings. The molecule has 0 radical (unpaired) electrons. The van der Waals surface area contributed by atoms with Gasteiger partial charge in [0.15, 0.2) is 6.10 Å². The number of unbranched alkanes of at least 4 members (excludes halogenated alkanes) is 44. The van der Waals surface area contributed by atoms with Crippen molar-refractivity contribution >= 4 is 17.9 Å². The van der Waals surface area contributed by atoms with Gasteiger partial charge in [-0.2, -0.15) is 0 Å². The van der Waals surface area contributed by atoms with Crippen molar-refractivity contribution < 1.29 is 28.6 Å². The maximum atomic E-state index is 12.9. The van der Waals surface area contributed by atoms with Crippen LogP contribution in [-0.4, -0.2) is 37.2 Å². The Bertz CT molecular complexity index is 1240. The molecule has 0 saturated carbocycles. The predicted octanol–water partition coefficient (Wildman–Crippen LogP) is 22.4. The second kappa shape index (κ2) is 63.2. The number of carbonyl (C=O) groups excluding carboxylic acids is 3. The van der Waals surface area contributed by atoms with E-state index in [1.807, 2.05) is 0 Å². The van der Waals surface area contributed by atoms with Crippen LogP contribution in [0.4, 0.5) is 0 Å². The summed E-state index contributed by atoms with van der Waals surface area (Å²) in [5.74, 6) is -0.859. The number of allylic oxidation sites excluding steroid dienone is 6. The minimum absolute atomic E-state index is 0.0728. The van der Waals surface area contributed by atoms with Gasteiger partial charge in [0.2, 0.25) is 0 Å². The number of hydrogen-bond donors (Lipinski definition) is 0. The Morgan fingerprint density at radius 1 is 0.270 bits per heavy atom. The Morgan fingerprint density at radius 2 is 0.486 bits per heavy atom. The summed E-state index contributed by atoms with van der Waals surface area (Å²) in [6, 6.07) is 0. The van der Waals surface area contributed by atoms with E-state index in [0.29, 0.717) is 19.3 Å². The molecular weight excluding hydrogens is 913 g/mol. The second-order valence-corrected chi connectivity index (χ2v) is 22.4. The van der Waals surface area contributed by atoms with Crippen LogP contribution >= 0.6 is 0 Å². The largest absolute Gasteiger partial charge is 0.462 e. The molecule has 0 saturated heterocycles. The van der Waals surface area contributed by atoms with Crippen molar-refractivity contribution in [1.29, 1.82) is 0 Å². The number of esters is 3. The fourth-order valence-corrected chi connectivity index (χ4v) is 9.88. The zero-order chi connectivity index (χ0) is 53.6. The van der Waals surface area contributed by atoms with Crippen molar-refractivity contribution in [2.75, 3.05) is 13.2 Å². The summed E-state index contributed by atoms with van der Waals surface area (Å²) in [6.07, 6.45) is 77.2. The summed E-state index contributed by atoms with van der Waals surface area (Å²) in [5.41, 5.74) is 0. The number of carbonyl (C=O) groups is 3. The monoisotopic (exact) mass is 1040 g/mol. The van der Waals surface area contributed by atoms with Crippen molar-refractivity contribution in [2.45, 2.75) is 367 Å². The van der Waals surface area contributed by atoms with E-state index >= 15 is 0 Å². The van der Waals surface area contributed by atoms with Gasteiger partial charge in [0.05, 0.1) is 0 Å². The van der Waals surface area contributed by atoms with Gasteiger partial charge in [-0.1, -0.05) is 301 Å². The van der Waals surface area contributed by atoms with Gasteiger partial charge in [-0.05, 0) is 77.0 Å². The Hall–Kier alpha value is -2.37. The first-order chi connectivity index (χ1) is 36.5. The molecule has 0 aromatic carbocycles. The molecule has 434 valence electrons. The molecule has 0 rings (SSSR count). The summed E-state index contributed by atoms with van der Waals surface area (Å²) in [6.45, 7) is 6.68. The lowest BCUT2D eigenvalue weighted by Gasteiger charge is -2.18. The molecular formula is C68H126O6. The van der Waals surface area contributed by atoms with Crippen LogP contribution in [0.15, 0.2) is 36.5 Å². The normalized spacial score (nSPS) is 12.2. The first kappa shape index (κ1) is 71.6. The molecule has 0 heterocycles. The maximum Gasteiger partial charge on any atom is 0.306 e. The highest BCUT2D eigenvalue weighted by molar-refractivity contribution is 5.71. The molecule has 0 aromatic heterocycles. The van der Waals surface area contributed by atoms with Crippen LogP contribution in [0.25, 0.3) is 0 Å². The van der Waals surface area contributed by atoms with E-state index < -0.39 is 6.10 Å². The lowest BCUT2D eigenvalue weighted by Crippen LogP contribution is -2.30. The Labute approximate surface area is 461 Å². The van der Waals surface area contributed by atoms with Crippen LogP contribution in [0.1, 0.15) is 361 Å². The quantitative estimate of drug-likeness (QED) is 0.0261. The van der Waals surface area contributed by atoms with Crippen LogP contribution in [0.5, 0.6) is 0 Å². The van der Waals surface area contributed by atoms with Crippen molar-refractivity contribution in [3.8, 4) is 0 Å². The average Bonchev–Trinajstić information content (AvgIpc) is 3.40. The van der Waals surface area contributed by atoms with Gasteiger partial charge >= 0.3 is 17.9 Å². The van der Waals surface area contributed by atoms with E-state index in [0.717, 1.165) is 70.6 Å². The predicted molar refractivity (Wildman–Crippen MR) is 321 cm³/mol. The van der Waals surface area contributed by atoms with E-state index in [2.05, 4.69) is 57.2 Å². The van der Waals surface area contributed by atoms with Crippen molar-refractivity contribution in [1.82, 2.24) is 0 Å². The zero-order valence-corrected chi connectivity index (χ0v) is 49.9. The third kappa shape index (κ3) is 60.5. The minimum Gasteiger partial charge on any atom is -0.462 e. The van der Waals surface area contributed by atoms with Gasteiger partial charge in [0.25, 0.3) is 0 Å². The molecule has 1 unspecified atom stereocenters. The summed E-state index contributed by atoms with van der Waals surface area (Å²) in [7, 11) is 0. The van der Waals surface area contributed by atoms with Gasteiger partial charge in [-0.15, -0.1) is 0 Å². The molecule has 6 nitrogen and oxygen atoms in total. The highest BCUT2D eigenvalue weighted by atomic mass is 16.6. The average molecular weight is 1040 g/mol. The smallest absolute Gasteiger partial charge is 0.306 e. The highest BCUT2D eigenvalue weighted by Crippen LogP contribution is 2.18. The van der Waals surface area contributed by atoms with Gasteiger partial charge in [-0.3, -0.25) is 14.4 Å². The molecule has 0 aliphatic rings. The Balaban J connectivity index is 4.32. The molecule has 0 aliphatic heterocycles. The highest BCUT2D eigenvalue weighted by Gasteiger charge is 2.19. The Kier molecular flexibility index (Phi) is 61.1. The number of hydrogen-bond acceptors (Lipinski definition) is 6. The molecule has 0 amide bonds. The van der Waals surface area contributed by atoms with Crippen LogP contribution in [0.3, 0.4) is 0 Å². The van der Waals surface area contributed by atoms with Gasteiger partial charge in [0, 0.05) is 19.3 Å². The molecule has 0 spiro atoms. The third-order valence-electron chi connectivity index (χ3n) is 14.9. The second-order valence-electron chi connectivity index (χ2n) is 22.4. The van der Waals surface area contributed by atoms with Crippen LogP contribution in [0.2, 0.25) is 0 Å². The summed E-state index contributed by atoms with van der Waals surface area (Å²) in [5, 5.41) is 0. The van der Waals surface area contributed by atoms with E-state index in [4.69, 9.17) is 14.2 Å². The maximum absolute atomic E-state index is 12.9. The molecule has 0 bridgehead atoms. The van der Waals surface area contributed by atoms with Crippen molar-refractivity contribution in [3.05, 3.63) is 36.5 Å². The molecule has 0 aliphatic carbocycles. The zero-order valence-electron chi connectivity index (χ0n) is 49.9. The van der Waals surface area contributed by atoms with E-state index in [1.165, 1.54) is 250 Å². The SMILES string of the molecule is CCCCCCC/C=C\C/C=C\CCCCCCCCCCCC(=O)OCC(COC(=O)CCCCCCC/C=C\CCCCCCCC)OC(=O)CCCCCCCCCCCCCCCCCCCCCC. The number of rotatable bonds is 61. The standard InChI is InChI=1S/C68H126O6/c1-4-7-10-13-16-19-22-25-28-30-32-34-36-37-40-43-46-49-52-55-58-61-67(70)73-64-65(63-72-66(69)60-57-54-51-48-45-42-39-27-24-21-18-15-12-9-6-3)74-68(71)62-59-56-53-50-47-44-41-38-35-33-31-29-26-23-20-17-14-11-8-5-2/h22,25,27,30,32,39,65H,4-21,23-24,26,28-29,31,33-38,40-64H2,1-3H3/b25-22-,32-30-,39-27-. The van der Waals surface area contributed by atoms with Gasteiger partial charge in [-0.25, -0.2) is 0 Å². The molecule has 6 heteroatoms. The molecule has 0 aromatic rings. The van der Waals surface area contributed by atoms with Crippen molar-refractivity contribution in [2.24, 2.45) is 0 Å². The summed E-state index contributed by atoms with van der Waals surface area (Å²) < 4.78 is 17.0. The third-order valence-corrected chi connectivity index (χ3v) is 14.9. The fraction of sp³-hybridized carbons (Fsp3) is 0.868. The van der Waals surface area contributed by atoms with E-state index in [9.17, 15) is 14.4 Å². The minimum atomic E-state index is -0.775. The molecule has 0 N–H and O–H groups in total. The lowest BCUT2D eigenvalue weighted by atomic mass is 10.0. The number of ether oxygens (including phenoxy) is 3. The van der Waals surface area contributed by atoms with Crippen molar-refractivity contribution in [3.63, 3.8) is 0 Å². The first-order valence-corrected chi connectivity index (χ1v) is 33.0. The van der Waals surface area contributed by atoms with Crippen LogP contribution in [0, 0.1) is 0 Å². The van der Waals surface area contributed by atoms with Crippen LogP contribution < -0.4 is 0 Å². The molecule has 1 atom stereocenters. The topological polar surface area (TPSA) is 78.9 Å². The fourth-order valence-electron chi connectivity index (χ4n) is 9.88. The van der Waals surface area contributed by atoms with Gasteiger partial charge in [0.1, 0.15) is 13.2 Å². The molecule has 74 heavy (non-hydrogen) atoms. The first-order valence-electron chi connectivity index (χ1n) is 33.0.